The summed E-state index contributed by atoms with van der Waals surface area (Å²) >= 11 is 0. The normalized spacial score (nSPS) is 26.0. The van der Waals surface area contributed by atoms with Gasteiger partial charge < -0.3 is 9.64 Å². The summed E-state index contributed by atoms with van der Waals surface area (Å²) < 4.78 is 5.20. The van der Waals surface area contributed by atoms with E-state index in [1.54, 1.807) is 11.9 Å². The quantitative estimate of drug-likeness (QED) is 0.451. The molecule has 6 nitrogen and oxygen atoms in total. The minimum atomic E-state index is -0.796. The average Bonchev–Trinajstić information content (AvgIpc) is 2.60. The summed E-state index contributed by atoms with van der Waals surface area (Å²) in [5, 5.41) is 0. The van der Waals surface area contributed by atoms with Gasteiger partial charge in [0, 0.05) is 18.1 Å². The second kappa shape index (κ2) is 5.51. The number of imide groups is 1. The molecule has 0 aromatic rings. The fourth-order valence-electron chi connectivity index (χ4n) is 4.31. The Bertz CT molecular complexity index is 509. The van der Waals surface area contributed by atoms with Crippen molar-refractivity contribution in [3.63, 3.8) is 0 Å². The predicted octanol–water partition coefficient (Wildman–Crippen LogP) is 2.06. The number of urea groups is 1. The largest absolute Gasteiger partial charge is 0.500 e. The number of likely N-dealkylation sites (tertiary alicyclic amines) is 1. The molecule has 0 saturated carbocycles. The topological polar surface area (TPSA) is 53.1 Å². The standard InChI is InChI=1S/C17H29N3O3/c1-8-23-10-9-20-14(22)18(6)13(21)17(20)11-15(2,3)19(7)16(4,5)12-17/h8H,1,9-12H2,2-7H3. The van der Waals surface area contributed by atoms with Crippen LogP contribution >= 0.6 is 0 Å². The summed E-state index contributed by atoms with van der Waals surface area (Å²) in [4.78, 5) is 30.9. The molecule has 2 aliphatic heterocycles. The predicted molar refractivity (Wildman–Crippen MR) is 88.9 cm³/mol. The first-order valence-electron chi connectivity index (χ1n) is 8.06. The molecule has 0 atom stereocenters. The monoisotopic (exact) mass is 323 g/mol. The molecule has 2 fully saturated rings. The van der Waals surface area contributed by atoms with E-state index in [0.717, 1.165) is 0 Å². The number of amides is 3. The Labute approximate surface area is 139 Å². The molecular formula is C17H29N3O3. The van der Waals surface area contributed by atoms with Crippen LogP contribution in [0.2, 0.25) is 0 Å². The highest BCUT2D eigenvalue weighted by Crippen LogP contribution is 2.48. The van der Waals surface area contributed by atoms with Crippen LogP contribution in [0.15, 0.2) is 12.8 Å². The van der Waals surface area contributed by atoms with E-state index in [4.69, 9.17) is 4.74 Å². The zero-order chi connectivity index (χ0) is 17.6. The number of carbonyl (C=O) groups is 2. The number of ether oxygens (including phenoxy) is 1. The molecule has 2 aliphatic rings. The van der Waals surface area contributed by atoms with E-state index in [2.05, 4.69) is 46.2 Å². The first kappa shape index (κ1) is 17.8. The van der Waals surface area contributed by atoms with Crippen LogP contribution in [0.4, 0.5) is 4.79 Å². The van der Waals surface area contributed by atoms with E-state index in [0.29, 0.717) is 26.0 Å². The zero-order valence-electron chi connectivity index (χ0n) is 15.2. The number of likely N-dealkylation sites (N-methyl/N-ethyl adjacent to an activating group) is 1. The van der Waals surface area contributed by atoms with Crippen LogP contribution in [0.25, 0.3) is 0 Å². The van der Waals surface area contributed by atoms with Crippen molar-refractivity contribution in [2.75, 3.05) is 27.2 Å². The van der Waals surface area contributed by atoms with E-state index >= 15 is 0 Å². The van der Waals surface area contributed by atoms with Crippen LogP contribution in [-0.2, 0) is 9.53 Å². The van der Waals surface area contributed by atoms with Crippen LogP contribution in [-0.4, -0.2) is 70.5 Å². The van der Waals surface area contributed by atoms with Gasteiger partial charge in [0.2, 0.25) is 0 Å². The first-order valence-corrected chi connectivity index (χ1v) is 8.06. The van der Waals surface area contributed by atoms with E-state index in [9.17, 15) is 9.59 Å². The number of hydrogen-bond acceptors (Lipinski definition) is 4. The Morgan fingerprint density at radius 3 is 2.13 bits per heavy atom. The molecule has 1 spiro atoms. The van der Waals surface area contributed by atoms with Crippen LogP contribution < -0.4 is 0 Å². The summed E-state index contributed by atoms with van der Waals surface area (Å²) in [6.07, 6.45) is 2.59. The first-order chi connectivity index (χ1) is 10.5. The van der Waals surface area contributed by atoms with Crippen molar-refractivity contribution in [3.05, 3.63) is 12.8 Å². The van der Waals surface area contributed by atoms with Crippen molar-refractivity contribution in [1.29, 1.82) is 0 Å². The highest BCUT2D eigenvalue weighted by molar-refractivity contribution is 6.07. The Balaban J connectivity index is 2.44. The zero-order valence-corrected chi connectivity index (χ0v) is 15.2. The molecule has 2 saturated heterocycles. The third-order valence-corrected chi connectivity index (χ3v) is 5.55. The van der Waals surface area contributed by atoms with Gasteiger partial charge in [-0.15, -0.1) is 0 Å². The fraction of sp³-hybridized carbons (Fsp3) is 0.765. The molecule has 0 unspecified atom stereocenters. The molecular weight excluding hydrogens is 294 g/mol. The molecule has 2 heterocycles. The maximum Gasteiger partial charge on any atom is 0.327 e. The van der Waals surface area contributed by atoms with Crippen LogP contribution in [0, 0.1) is 0 Å². The van der Waals surface area contributed by atoms with Gasteiger partial charge in [-0.2, -0.15) is 0 Å². The lowest BCUT2D eigenvalue weighted by Crippen LogP contribution is -2.69. The van der Waals surface area contributed by atoms with Crippen molar-refractivity contribution in [1.82, 2.24) is 14.7 Å². The van der Waals surface area contributed by atoms with Crippen molar-refractivity contribution in [2.24, 2.45) is 0 Å². The Morgan fingerprint density at radius 1 is 1.13 bits per heavy atom. The average molecular weight is 323 g/mol. The smallest absolute Gasteiger partial charge is 0.327 e. The van der Waals surface area contributed by atoms with E-state index in [-0.39, 0.29) is 23.0 Å². The lowest BCUT2D eigenvalue weighted by Gasteiger charge is -2.58. The molecule has 0 bridgehead atoms. The summed E-state index contributed by atoms with van der Waals surface area (Å²) in [6.45, 7) is 12.8. The van der Waals surface area contributed by atoms with Crippen molar-refractivity contribution < 1.29 is 14.3 Å². The van der Waals surface area contributed by atoms with Crippen LogP contribution in [0.1, 0.15) is 40.5 Å². The van der Waals surface area contributed by atoms with E-state index < -0.39 is 5.54 Å². The van der Waals surface area contributed by atoms with Crippen molar-refractivity contribution >= 4 is 11.9 Å². The van der Waals surface area contributed by atoms with Gasteiger partial charge in [-0.05, 0) is 47.6 Å². The molecule has 3 amide bonds. The minimum Gasteiger partial charge on any atom is -0.500 e. The number of carbonyl (C=O) groups excluding carboxylic acids is 2. The highest BCUT2D eigenvalue weighted by Gasteiger charge is 2.63. The molecule has 0 radical (unpaired) electrons. The van der Waals surface area contributed by atoms with Gasteiger partial charge in [0.15, 0.2) is 0 Å². The second-order valence-corrected chi connectivity index (χ2v) is 7.90. The maximum atomic E-state index is 13.0. The summed E-state index contributed by atoms with van der Waals surface area (Å²) in [6, 6.07) is -0.237. The number of rotatable bonds is 4. The van der Waals surface area contributed by atoms with Gasteiger partial charge in [0.05, 0.1) is 12.8 Å². The van der Waals surface area contributed by atoms with Crippen molar-refractivity contribution in [3.8, 4) is 0 Å². The molecule has 0 aromatic carbocycles. The molecule has 2 rings (SSSR count). The third kappa shape index (κ3) is 2.63. The van der Waals surface area contributed by atoms with Crippen LogP contribution in [0.3, 0.4) is 0 Å². The minimum absolute atomic E-state index is 0.102. The van der Waals surface area contributed by atoms with Gasteiger partial charge in [-0.1, -0.05) is 6.58 Å². The summed E-state index contributed by atoms with van der Waals surface area (Å²) in [5.41, 5.74) is -1.18. The molecule has 6 heteroatoms. The van der Waals surface area contributed by atoms with Gasteiger partial charge >= 0.3 is 6.03 Å². The van der Waals surface area contributed by atoms with Crippen LogP contribution in [0.5, 0.6) is 0 Å². The lowest BCUT2D eigenvalue weighted by atomic mass is 9.68. The van der Waals surface area contributed by atoms with E-state index in [1.165, 1.54) is 11.2 Å². The molecule has 23 heavy (non-hydrogen) atoms. The molecule has 130 valence electrons. The lowest BCUT2D eigenvalue weighted by molar-refractivity contribution is -0.144. The fourth-order valence-corrected chi connectivity index (χ4v) is 4.31. The molecule has 0 N–H and O–H groups in total. The SMILES string of the molecule is C=COCCN1C(=O)N(C)C(=O)C12CC(C)(C)N(C)C(C)(C)C2. The van der Waals surface area contributed by atoms with Crippen molar-refractivity contribution in [2.45, 2.75) is 57.2 Å². The van der Waals surface area contributed by atoms with Gasteiger partial charge in [0.1, 0.15) is 12.1 Å². The molecule has 0 aliphatic carbocycles. The maximum absolute atomic E-state index is 13.0. The Kier molecular flexibility index (Phi) is 4.26. The highest BCUT2D eigenvalue weighted by atomic mass is 16.5. The van der Waals surface area contributed by atoms with E-state index in [1.807, 2.05) is 0 Å². The number of nitrogens with zero attached hydrogens (tertiary/aromatic N) is 3. The number of piperidine rings is 1. The third-order valence-electron chi connectivity index (χ3n) is 5.55. The van der Waals surface area contributed by atoms with Gasteiger partial charge in [0.25, 0.3) is 5.91 Å². The summed E-state index contributed by atoms with van der Waals surface area (Å²) in [7, 11) is 3.65. The number of hydrogen-bond donors (Lipinski definition) is 0. The Hall–Kier alpha value is -1.56. The summed E-state index contributed by atoms with van der Waals surface area (Å²) in [5.74, 6) is -0.102. The Morgan fingerprint density at radius 2 is 1.65 bits per heavy atom. The molecule has 0 aromatic heterocycles. The van der Waals surface area contributed by atoms with Gasteiger partial charge in [-0.3, -0.25) is 14.6 Å². The van der Waals surface area contributed by atoms with Gasteiger partial charge in [-0.25, -0.2) is 4.79 Å². The second-order valence-electron chi connectivity index (χ2n) is 7.90.